The van der Waals surface area contributed by atoms with Crippen LogP contribution in [0.2, 0.25) is 5.04 Å². The van der Waals surface area contributed by atoms with E-state index in [0.29, 0.717) is 6.29 Å². The summed E-state index contributed by atoms with van der Waals surface area (Å²) in [5, 5.41) is 9.01. The van der Waals surface area contributed by atoms with Crippen LogP contribution in [-0.2, 0) is 9.22 Å². The molecular formula is C7H16O3Si. The van der Waals surface area contributed by atoms with Crippen LogP contribution in [0.3, 0.4) is 0 Å². The Kier molecular flexibility index (Phi) is 4.56. The summed E-state index contributed by atoms with van der Waals surface area (Å²) in [5.74, 6) is 0. The highest BCUT2D eigenvalue weighted by atomic mass is 28.2. The van der Waals surface area contributed by atoms with Gasteiger partial charge in [0.1, 0.15) is 6.10 Å². The van der Waals surface area contributed by atoms with Crippen molar-refractivity contribution in [2.45, 2.75) is 31.9 Å². The molecule has 0 radical (unpaired) electrons. The Labute approximate surface area is 69.7 Å². The van der Waals surface area contributed by atoms with Gasteiger partial charge in [0, 0.05) is 0 Å². The average Bonchev–Trinajstić information content (AvgIpc) is 1.85. The predicted octanol–water partition coefficient (Wildman–Crippen LogP) is -0.135. The van der Waals surface area contributed by atoms with Crippen LogP contribution in [0, 0.1) is 0 Å². The van der Waals surface area contributed by atoms with Crippen molar-refractivity contribution in [2.24, 2.45) is 0 Å². The highest BCUT2D eigenvalue weighted by molar-refractivity contribution is 6.31. The molecule has 1 N–H and O–H groups in total. The molecule has 0 spiro atoms. The highest BCUT2D eigenvalue weighted by Gasteiger charge is 2.12. The Morgan fingerprint density at radius 2 is 2.18 bits per heavy atom. The van der Waals surface area contributed by atoms with Gasteiger partial charge in [-0.1, -0.05) is 20.8 Å². The van der Waals surface area contributed by atoms with Gasteiger partial charge in [-0.05, 0) is 5.04 Å². The minimum Gasteiger partial charge on any atom is -0.420 e. The number of aliphatic hydroxyl groups is 1. The lowest BCUT2D eigenvalue weighted by Gasteiger charge is -2.17. The van der Waals surface area contributed by atoms with Gasteiger partial charge in [0.25, 0.3) is 0 Å². The molecule has 1 unspecified atom stereocenters. The van der Waals surface area contributed by atoms with E-state index in [-0.39, 0.29) is 11.6 Å². The molecule has 0 rings (SSSR count). The molecule has 0 heterocycles. The molecule has 3 nitrogen and oxygen atoms in total. The van der Waals surface area contributed by atoms with Crippen LogP contribution in [0.5, 0.6) is 0 Å². The Balaban J connectivity index is 3.35. The van der Waals surface area contributed by atoms with Crippen LogP contribution in [0.25, 0.3) is 0 Å². The van der Waals surface area contributed by atoms with Gasteiger partial charge >= 0.3 is 0 Å². The molecule has 0 aromatic rings. The first-order valence-electron chi connectivity index (χ1n) is 3.67. The maximum Gasteiger partial charge on any atom is 0.167 e. The van der Waals surface area contributed by atoms with Crippen LogP contribution in [0.4, 0.5) is 0 Å². The second kappa shape index (κ2) is 4.64. The van der Waals surface area contributed by atoms with E-state index >= 15 is 0 Å². The molecule has 1 atom stereocenters. The second-order valence-corrected chi connectivity index (χ2v) is 6.60. The zero-order valence-corrected chi connectivity index (χ0v) is 8.75. The average molecular weight is 176 g/mol. The van der Waals surface area contributed by atoms with Gasteiger partial charge < -0.3 is 14.3 Å². The standard InChI is InChI=1S/C7H16O3Si/c1-7(2,3)11-10-5-6(9)4-8/h4,6,9H,5,11H2,1-3H3. The van der Waals surface area contributed by atoms with Crippen LogP contribution >= 0.6 is 0 Å². The number of hydrogen-bond acceptors (Lipinski definition) is 3. The first-order chi connectivity index (χ1) is 4.95. The molecule has 0 fully saturated rings. The van der Waals surface area contributed by atoms with E-state index in [9.17, 15) is 4.79 Å². The van der Waals surface area contributed by atoms with E-state index in [2.05, 4.69) is 20.8 Å². The molecule has 0 aliphatic rings. The van der Waals surface area contributed by atoms with Crippen LogP contribution < -0.4 is 0 Å². The Morgan fingerprint density at radius 1 is 1.64 bits per heavy atom. The molecule has 0 bridgehead atoms. The first kappa shape index (κ1) is 10.8. The first-order valence-corrected chi connectivity index (χ1v) is 4.95. The molecule has 66 valence electrons. The van der Waals surface area contributed by atoms with Gasteiger partial charge in [-0.2, -0.15) is 0 Å². The van der Waals surface area contributed by atoms with Crippen LogP contribution in [0.1, 0.15) is 20.8 Å². The predicted molar refractivity (Wildman–Crippen MR) is 46.3 cm³/mol. The molecule has 0 aliphatic heterocycles. The maximum atomic E-state index is 9.95. The number of carbonyl (C=O) groups excluding carboxylic acids is 1. The summed E-state index contributed by atoms with van der Waals surface area (Å²) >= 11 is 0. The van der Waals surface area contributed by atoms with E-state index in [1.165, 1.54) is 0 Å². The van der Waals surface area contributed by atoms with Gasteiger partial charge in [0.2, 0.25) is 0 Å². The summed E-state index contributed by atoms with van der Waals surface area (Å²) in [6.45, 7) is 6.43. The molecule has 0 aliphatic carbocycles. The van der Waals surface area contributed by atoms with Crippen molar-refractivity contribution in [3.8, 4) is 0 Å². The van der Waals surface area contributed by atoms with Gasteiger partial charge in [0.05, 0.1) is 6.61 Å². The van der Waals surface area contributed by atoms with E-state index in [0.717, 1.165) is 0 Å². The minimum absolute atomic E-state index is 0.160. The molecule has 0 saturated heterocycles. The molecule has 11 heavy (non-hydrogen) atoms. The maximum absolute atomic E-state index is 9.95. The highest BCUT2D eigenvalue weighted by Crippen LogP contribution is 2.19. The molecule has 4 heteroatoms. The third-order valence-corrected chi connectivity index (χ3v) is 2.29. The number of hydrogen-bond donors (Lipinski definition) is 1. The fourth-order valence-corrected chi connectivity index (χ4v) is 1.50. The van der Waals surface area contributed by atoms with Gasteiger partial charge in [-0.15, -0.1) is 0 Å². The molecule has 0 aromatic heterocycles. The van der Waals surface area contributed by atoms with E-state index in [4.69, 9.17) is 9.53 Å². The van der Waals surface area contributed by atoms with Crippen molar-refractivity contribution in [2.75, 3.05) is 6.61 Å². The Morgan fingerprint density at radius 3 is 2.55 bits per heavy atom. The fourth-order valence-electron chi connectivity index (χ4n) is 0.525. The van der Waals surface area contributed by atoms with Crippen molar-refractivity contribution in [1.29, 1.82) is 0 Å². The van der Waals surface area contributed by atoms with Gasteiger partial charge in [-0.25, -0.2) is 0 Å². The summed E-state index contributed by atoms with van der Waals surface area (Å²) in [6, 6.07) is 0. The van der Waals surface area contributed by atoms with Crippen molar-refractivity contribution < 1.29 is 14.3 Å². The summed E-state index contributed by atoms with van der Waals surface area (Å²) in [6.07, 6.45) is -0.443. The van der Waals surface area contributed by atoms with Crippen LogP contribution in [0.15, 0.2) is 0 Å². The zero-order chi connectivity index (χ0) is 8.91. The number of rotatable bonds is 4. The summed E-state index contributed by atoms with van der Waals surface area (Å²) in [7, 11) is -0.621. The van der Waals surface area contributed by atoms with Gasteiger partial charge in [0.15, 0.2) is 16.0 Å². The normalized spacial score (nSPS) is 15.6. The molecule has 0 amide bonds. The van der Waals surface area contributed by atoms with E-state index in [1.54, 1.807) is 0 Å². The van der Waals surface area contributed by atoms with E-state index in [1.807, 2.05) is 0 Å². The molecule has 0 aromatic carbocycles. The van der Waals surface area contributed by atoms with Crippen LogP contribution in [-0.4, -0.2) is 33.9 Å². The quantitative estimate of drug-likeness (QED) is 0.479. The zero-order valence-electron chi connectivity index (χ0n) is 7.33. The Bertz CT molecular complexity index is 119. The summed E-state index contributed by atoms with van der Waals surface area (Å²) in [5.41, 5.74) is 0. The van der Waals surface area contributed by atoms with E-state index < -0.39 is 15.9 Å². The molecular weight excluding hydrogens is 160 g/mol. The monoisotopic (exact) mass is 176 g/mol. The third kappa shape index (κ3) is 7.71. The topological polar surface area (TPSA) is 46.5 Å². The fraction of sp³-hybridized carbons (Fsp3) is 0.857. The number of aliphatic hydroxyl groups excluding tert-OH is 1. The smallest absolute Gasteiger partial charge is 0.167 e. The number of carbonyl (C=O) groups is 1. The lowest BCUT2D eigenvalue weighted by atomic mass is 10.3. The van der Waals surface area contributed by atoms with Crippen molar-refractivity contribution in [3.63, 3.8) is 0 Å². The lowest BCUT2D eigenvalue weighted by molar-refractivity contribution is -0.116. The lowest BCUT2D eigenvalue weighted by Crippen LogP contribution is -2.21. The van der Waals surface area contributed by atoms with Gasteiger partial charge in [-0.3, -0.25) is 0 Å². The summed E-state index contributed by atoms with van der Waals surface area (Å²) < 4.78 is 5.21. The molecule has 0 saturated carbocycles. The largest absolute Gasteiger partial charge is 0.420 e. The number of aldehydes is 1. The van der Waals surface area contributed by atoms with Crippen molar-refractivity contribution in [3.05, 3.63) is 0 Å². The SMILES string of the molecule is CC(C)(C)[SiH2]OCC(O)C=O. The van der Waals surface area contributed by atoms with Crippen molar-refractivity contribution >= 4 is 16.0 Å². The second-order valence-electron chi connectivity index (χ2n) is 3.78. The van der Waals surface area contributed by atoms with Crippen molar-refractivity contribution in [1.82, 2.24) is 0 Å². The minimum atomic E-state index is -0.940. The third-order valence-electron chi connectivity index (χ3n) is 0.981. The Hall–Kier alpha value is -0.193. The summed E-state index contributed by atoms with van der Waals surface area (Å²) in [4.78, 5) is 9.95.